The molecule has 0 bridgehead atoms. The molecular formula is C14H22N4S2. The molecule has 2 rings (SSSR count). The summed E-state index contributed by atoms with van der Waals surface area (Å²) in [6.45, 7) is 10.6. The SMILES string of the molecule is CCNc1nc(SCCN(CC)CC)c2ccsc2n1. The lowest BCUT2D eigenvalue weighted by molar-refractivity contribution is 0.324. The minimum absolute atomic E-state index is 0.743. The lowest BCUT2D eigenvalue weighted by atomic mass is 10.4. The second-order valence-electron chi connectivity index (χ2n) is 4.40. The van der Waals surface area contributed by atoms with Crippen LogP contribution in [0.3, 0.4) is 0 Å². The Morgan fingerprint density at radius 1 is 1.25 bits per heavy atom. The van der Waals surface area contributed by atoms with Crippen LogP contribution in [0.2, 0.25) is 0 Å². The summed E-state index contributed by atoms with van der Waals surface area (Å²) in [5.74, 6) is 1.81. The molecule has 0 spiro atoms. The first-order valence-electron chi connectivity index (χ1n) is 7.12. The highest BCUT2D eigenvalue weighted by Crippen LogP contribution is 2.29. The first-order chi connectivity index (χ1) is 9.78. The van der Waals surface area contributed by atoms with Gasteiger partial charge in [-0.3, -0.25) is 0 Å². The van der Waals surface area contributed by atoms with Gasteiger partial charge in [0.1, 0.15) is 9.86 Å². The quantitative estimate of drug-likeness (QED) is 0.596. The molecular weight excluding hydrogens is 288 g/mol. The zero-order valence-corrected chi connectivity index (χ0v) is 14.0. The van der Waals surface area contributed by atoms with Crippen LogP contribution in [-0.2, 0) is 0 Å². The van der Waals surface area contributed by atoms with Crippen molar-refractivity contribution in [2.45, 2.75) is 25.8 Å². The number of fused-ring (bicyclic) bond motifs is 1. The average Bonchev–Trinajstić information content (AvgIpc) is 2.92. The Labute approximate surface area is 129 Å². The lowest BCUT2D eigenvalue weighted by Crippen LogP contribution is -2.25. The molecule has 0 aliphatic rings. The van der Waals surface area contributed by atoms with Gasteiger partial charge in [-0.1, -0.05) is 13.8 Å². The van der Waals surface area contributed by atoms with E-state index in [1.807, 2.05) is 11.8 Å². The van der Waals surface area contributed by atoms with Gasteiger partial charge in [0.05, 0.1) is 0 Å². The predicted octanol–water partition coefficient (Wildman–Crippen LogP) is 3.56. The summed E-state index contributed by atoms with van der Waals surface area (Å²) in [6, 6.07) is 2.12. The monoisotopic (exact) mass is 310 g/mol. The first-order valence-corrected chi connectivity index (χ1v) is 8.99. The summed E-state index contributed by atoms with van der Waals surface area (Å²) >= 11 is 3.50. The normalized spacial score (nSPS) is 11.4. The molecule has 0 aromatic carbocycles. The minimum Gasteiger partial charge on any atom is -0.354 e. The second kappa shape index (κ2) is 7.81. The van der Waals surface area contributed by atoms with Crippen molar-refractivity contribution in [2.24, 2.45) is 0 Å². The number of rotatable bonds is 8. The third-order valence-electron chi connectivity index (χ3n) is 3.17. The molecule has 4 nitrogen and oxygen atoms in total. The van der Waals surface area contributed by atoms with Crippen molar-refractivity contribution >= 4 is 39.3 Å². The van der Waals surface area contributed by atoms with E-state index >= 15 is 0 Å². The van der Waals surface area contributed by atoms with E-state index in [-0.39, 0.29) is 0 Å². The number of thiophene rings is 1. The van der Waals surface area contributed by atoms with Gasteiger partial charge in [-0.25, -0.2) is 9.97 Å². The maximum Gasteiger partial charge on any atom is 0.225 e. The van der Waals surface area contributed by atoms with Crippen LogP contribution in [0.4, 0.5) is 5.95 Å². The third kappa shape index (κ3) is 3.84. The van der Waals surface area contributed by atoms with Crippen molar-refractivity contribution < 1.29 is 0 Å². The van der Waals surface area contributed by atoms with Gasteiger partial charge in [0.2, 0.25) is 5.95 Å². The summed E-state index contributed by atoms with van der Waals surface area (Å²) in [5, 5.41) is 7.58. The van der Waals surface area contributed by atoms with Crippen LogP contribution in [0.5, 0.6) is 0 Å². The number of hydrogen-bond acceptors (Lipinski definition) is 6. The zero-order chi connectivity index (χ0) is 14.4. The fourth-order valence-corrected chi connectivity index (χ4v) is 3.83. The molecule has 2 heterocycles. The van der Waals surface area contributed by atoms with E-state index in [1.165, 1.54) is 5.39 Å². The maximum absolute atomic E-state index is 4.64. The molecule has 0 aliphatic heterocycles. The van der Waals surface area contributed by atoms with Gasteiger partial charge in [-0.05, 0) is 31.5 Å². The Bertz CT molecular complexity index is 537. The van der Waals surface area contributed by atoms with Gasteiger partial charge >= 0.3 is 0 Å². The van der Waals surface area contributed by atoms with E-state index < -0.39 is 0 Å². The van der Waals surface area contributed by atoms with Crippen molar-refractivity contribution in [3.8, 4) is 0 Å². The molecule has 0 fully saturated rings. The van der Waals surface area contributed by atoms with Gasteiger partial charge in [0.25, 0.3) is 0 Å². The third-order valence-corrected chi connectivity index (χ3v) is 4.94. The van der Waals surface area contributed by atoms with E-state index in [2.05, 4.69) is 52.4 Å². The number of hydrogen-bond donors (Lipinski definition) is 1. The number of nitrogens with one attached hydrogen (secondary N) is 1. The first kappa shape index (κ1) is 15.5. The molecule has 0 saturated carbocycles. The maximum atomic E-state index is 4.64. The Kier molecular flexibility index (Phi) is 6.06. The molecule has 110 valence electrons. The summed E-state index contributed by atoms with van der Waals surface area (Å²) in [6.07, 6.45) is 0. The number of aromatic nitrogens is 2. The number of nitrogens with zero attached hydrogens (tertiary/aromatic N) is 3. The van der Waals surface area contributed by atoms with Gasteiger partial charge in [-0.15, -0.1) is 23.1 Å². The molecule has 0 aliphatic carbocycles. The van der Waals surface area contributed by atoms with E-state index in [0.29, 0.717) is 0 Å². The minimum atomic E-state index is 0.743. The van der Waals surface area contributed by atoms with Crippen molar-refractivity contribution in [1.82, 2.24) is 14.9 Å². The second-order valence-corrected chi connectivity index (χ2v) is 6.38. The summed E-state index contributed by atoms with van der Waals surface area (Å²) < 4.78 is 0. The Balaban J connectivity index is 2.09. The molecule has 2 aromatic rings. The van der Waals surface area contributed by atoms with Crippen molar-refractivity contribution in [2.75, 3.05) is 37.2 Å². The van der Waals surface area contributed by atoms with Crippen LogP contribution >= 0.6 is 23.1 Å². The van der Waals surface area contributed by atoms with E-state index in [0.717, 1.165) is 47.7 Å². The van der Waals surface area contributed by atoms with Crippen LogP contribution in [0.25, 0.3) is 10.2 Å². The van der Waals surface area contributed by atoms with Crippen LogP contribution in [0, 0.1) is 0 Å². The van der Waals surface area contributed by atoms with Gasteiger partial charge in [-0.2, -0.15) is 0 Å². The van der Waals surface area contributed by atoms with Gasteiger partial charge < -0.3 is 10.2 Å². The van der Waals surface area contributed by atoms with E-state index in [4.69, 9.17) is 0 Å². The van der Waals surface area contributed by atoms with Crippen LogP contribution in [-0.4, -0.2) is 46.8 Å². The number of anilines is 1. The molecule has 2 aromatic heterocycles. The van der Waals surface area contributed by atoms with Crippen LogP contribution in [0.1, 0.15) is 20.8 Å². The summed E-state index contributed by atoms with van der Waals surface area (Å²) in [5.41, 5.74) is 0. The highest BCUT2D eigenvalue weighted by atomic mass is 32.2. The molecule has 20 heavy (non-hydrogen) atoms. The molecule has 0 amide bonds. The average molecular weight is 310 g/mol. The van der Waals surface area contributed by atoms with Crippen LogP contribution in [0.15, 0.2) is 16.5 Å². The largest absolute Gasteiger partial charge is 0.354 e. The lowest BCUT2D eigenvalue weighted by Gasteiger charge is -2.17. The Hall–Kier alpha value is -0.850. The molecule has 0 unspecified atom stereocenters. The summed E-state index contributed by atoms with van der Waals surface area (Å²) in [4.78, 5) is 12.7. The van der Waals surface area contributed by atoms with Crippen molar-refractivity contribution in [3.05, 3.63) is 11.4 Å². The van der Waals surface area contributed by atoms with Crippen LogP contribution < -0.4 is 5.32 Å². The molecule has 0 saturated heterocycles. The molecule has 6 heteroatoms. The standard InChI is InChI=1S/C14H22N4S2/c1-4-15-14-16-12-11(7-9-19-12)13(17-14)20-10-8-18(5-2)6-3/h7,9H,4-6,8,10H2,1-3H3,(H,15,16,17). The predicted molar refractivity (Wildman–Crippen MR) is 90.1 cm³/mol. The summed E-state index contributed by atoms with van der Waals surface area (Å²) in [7, 11) is 0. The Morgan fingerprint density at radius 3 is 2.75 bits per heavy atom. The van der Waals surface area contributed by atoms with E-state index in [9.17, 15) is 0 Å². The number of thioether (sulfide) groups is 1. The van der Waals surface area contributed by atoms with Crippen molar-refractivity contribution in [3.63, 3.8) is 0 Å². The fraction of sp³-hybridized carbons (Fsp3) is 0.571. The topological polar surface area (TPSA) is 41.1 Å². The van der Waals surface area contributed by atoms with Gasteiger partial charge in [0, 0.05) is 24.2 Å². The van der Waals surface area contributed by atoms with Gasteiger partial charge in [0.15, 0.2) is 0 Å². The van der Waals surface area contributed by atoms with E-state index in [1.54, 1.807) is 11.3 Å². The highest BCUT2D eigenvalue weighted by Gasteiger charge is 2.09. The molecule has 1 N–H and O–H groups in total. The zero-order valence-electron chi connectivity index (χ0n) is 12.3. The van der Waals surface area contributed by atoms with Crippen molar-refractivity contribution in [1.29, 1.82) is 0 Å². The molecule has 0 radical (unpaired) electrons. The highest BCUT2D eigenvalue weighted by molar-refractivity contribution is 7.99. The smallest absolute Gasteiger partial charge is 0.225 e. The fourth-order valence-electron chi connectivity index (χ4n) is 1.99. The Morgan fingerprint density at radius 2 is 2.05 bits per heavy atom. The molecule has 0 atom stereocenters.